The van der Waals surface area contributed by atoms with Gasteiger partial charge in [-0.15, -0.1) is 10.2 Å². The van der Waals surface area contributed by atoms with E-state index in [1.54, 1.807) is 0 Å². The van der Waals surface area contributed by atoms with Crippen molar-refractivity contribution in [3.63, 3.8) is 0 Å². The van der Waals surface area contributed by atoms with Gasteiger partial charge in [-0.2, -0.15) is 13.2 Å². The minimum atomic E-state index is -4.48. The van der Waals surface area contributed by atoms with Gasteiger partial charge in [-0.05, 0) is 50.3 Å². The normalized spacial score (nSPS) is 28.3. The second-order valence-electron chi connectivity index (χ2n) is 8.17. The van der Waals surface area contributed by atoms with E-state index in [2.05, 4.69) is 21.2 Å². The number of halogens is 4. The summed E-state index contributed by atoms with van der Waals surface area (Å²) in [5.74, 6) is -0.500. The predicted octanol–water partition coefficient (Wildman–Crippen LogP) is 4.17. The molecule has 2 aromatic rings. The number of aromatic nitrogens is 3. The van der Waals surface area contributed by atoms with E-state index in [4.69, 9.17) is 17.3 Å². The van der Waals surface area contributed by atoms with Crippen molar-refractivity contribution in [1.29, 1.82) is 0 Å². The summed E-state index contributed by atoms with van der Waals surface area (Å²) in [6, 6.07) is 8.00. The summed E-state index contributed by atoms with van der Waals surface area (Å²) in [4.78, 5) is 2.28. The highest BCUT2D eigenvalue weighted by atomic mass is 35.5. The SMILES string of the molecule is CC1c2nnc(C(F)(F)F)n2CCN1[C@H]1CC[C@](CN)(c2cccc(Cl)c2)CC1. The maximum atomic E-state index is 13.1. The Bertz CT molecular complexity index is 873. The van der Waals surface area contributed by atoms with Crippen LogP contribution in [0.1, 0.15) is 55.9 Å². The monoisotopic (exact) mass is 427 g/mol. The first-order valence-electron chi connectivity index (χ1n) is 9.97. The minimum absolute atomic E-state index is 0.0934. The van der Waals surface area contributed by atoms with Gasteiger partial charge in [0.05, 0.1) is 6.04 Å². The lowest BCUT2D eigenvalue weighted by Gasteiger charge is -2.46. The van der Waals surface area contributed by atoms with Crippen LogP contribution in [0.4, 0.5) is 13.2 Å². The second kappa shape index (κ2) is 7.56. The van der Waals surface area contributed by atoms with Gasteiger partial charge in [0.25, 0.3) is 0 Å². The quantitative estimate of drug-likeness (QED) is 0.798. The van der Waals surface area contributed by atoms with Crippen LogP contribution in [-0.4, -0.2) is 38.8 Å². The van der Waals surface area contributed by atoms with Gasteiger partial charge in [0.15, 0.2) is 0 Å². The fourth-order valence-corrected chi connectivity index (χ4v) is 5.22. The molecule has 1 fully saturated rings. The van der Waals surface area contributed by atoms with E-state index in [0.717, 1.165) is 25.7 Å². The Morgan fingerprint density at radius 1 is 1.21 bits per heavy atom. The molecule has 1 aliphatic heterocycles. The fraction of sp³-hybridized carbons (Fsp3) is 0.600. The molecule has 158 valence electrons. The largest absolute Gasteiger partial charge is 0.451 e. The van der Waals surface area contributed by atoms with E-state index in [1.807, 2.05) is 25.1 Å². The van der Waals surface area contributed by atoms with Crippen LogP contribution in [0.3, 0.4) is 0 Å². The van der Waals surface area contributed by atoms with Crippen molar-refractivity contribution in [3.05, 3.63) is 46.5 Å². The van der Waals surface area contributed by atoms with Crippen LogP contribution >= 0.6 is 11.6 Å². The van der Waals surface area contributed by atoms with Crippen molar-refractivity contribution in [2.75, 3.05) is 13.1 Å². The molecule has 1 saturated carbocycles. The highest BCUT2D eigenvalue weighted by Crippen LogP contribution is 2.43. The van der Waals surface area contributed by atoms with Gasteiger partial charge < -0.3 is 10.3 Å². The molecule has 4 rings (SSSR count). The molecule has 1 aromatic heterocycles. The number of nitrogens with zero attached hydrogens (tertiary/aromatic N) is 4. The molecule has 2 N–H and O–H groups in total. The smallest absolute Gasteiger partial charge is 0.330 e. The zero-order chi connectivity index (χ0) is 20.8. The molecule has 1 aliphatic carbocycles. The van der Waals surface area contributed by atoms with Gasteiger partial charge in [0, 0.05) is 36.1 Å². The summed E-state index contributed by atoms with van der Waals surface area (Å²) in [5, 5.41) is 7.99. The molecule has 0 saturated heterocycles. The molecule has 9 heteroatoms. The Morgan fingerprint density at radius 3 is 2.55 bits per heavy atom. The molecule has 2 aliphatic rings. The first-order valence-corrected chi connectivity index (χ1v) is 10.3. The standard InChI is InChI=1S/C20H25ClF3N5/c1-13-17-26-27-18(20(22,23)24)29(17)10-9-28(13)16-5-7-19(12-25,8-6-16)14-3-2-4-15(21)11-14/h2-4,11,13,16H,5-10,12,25H2,1H3/t13?,16-,19-. The van der Waals surface area contributed by atoms with Crippen LogP contribution in [-0.2, 0) is 18.1 Å². The molecular formula is C20H25ClF3N5. The molecule has 1 aromatic carbocycles. The molecule has 1 unspecified atom stereocenters. The van der Waals surface area contributed by atoms with E-state index in [0.29, 0.717) is 30.0 Å². The zero-order valence-electron chi connectivity index (χ0n) is 16.3. The van der Waals surface area contributed by atoms with Crippen molar-refractivity contribution in [3.8, 4) is 0 Å². The Morgan fingerprint density at radius 2 is 1.93 bits per heavy atom. The van der Waals surface area contributed by atoms with Gasteiger partial charge >= 0.3 is 6.18 Å². The Kier molecular flexibility index (Phi) is 5.38. The van der Waals surface area contributed by atoms with Gasteiger partial charge in [0.1, 0.15) is 5.82 Å². The number of fused-ring (bicyclic) bond motifs is 1. The molecule has 0 amide bonds. The summed E-state index contributed by atoms with van der Waals surface area (Å²) in [7, 11) is 0. The molecule has 0 bridgehead atoms. The highest BCUT2D eigenvalue weighted by molar-refractivity contribution is 6.30. The van der Waals surface area contributed by atoms with E-state index in [-0.39, 0.29) is 18.0 Å². The molecule has 0 spiro atoms. The van der Waals surface area contributed by atoms with E-state index >= 15 is 0 Å². The lowest BCUT2D eigenvalue weighted by molar-refractivity contribution is -0.148. The van der Waals surface area contributed by atoms with E-state index < -0.39 is 12.0 Å². The predicted molar refractivity (Wildman–Crippen MR) is 105 cm³/mol. The lowest BCUT2D eigenvalue weighted by Crippen LogP contribution is -2.49. The van der Waals surface area contributed by atoms with Crippen molar-refractivity contribution < 1.29 is 13.2 Å². The molecule has 1 atom stereocenters. The summed E-state index contributed by atoms with van der Waals surface area (Å²) < 4.78 is 40.7. The number of hydrogen-bond donors (Lipinski definition) is 1. The van der Waals surface area contributed by atoms with Gasteiger partial charge in [-0.25, -0.2) is 0 Å². The molecule has 29 heavy (non-hydrogen) atoms. The third-order valence-electron chi connectivity index (χ3n) is 6.69. The number of alkyl halides is 3. The average Bonchev–Trinajstić information content (AvgIpc) is 3.14. The first-order chi connectivity index (χ1) is 13.7. The molecule has 2 heterocycles. The van der Waals surface area contributed by atoms with Gasteiger partial charge in [-0.3, -0.25) is 4.90 Å². The van der Waals surface area contributed by atoms with Crippen molar-refractivity contribution in [1.82, 2.24) is 19.7 Å². The van der Waals surface area contributed by atoms with Crippen molar-refractivity contribution in [2.45, 2.75) is 62.8 Å². The fourth-order valence-electron chi connectivity index (χ4n) is 5.03. The van der Waals surface area contributed by atoms with Gasteiger partial charge in [-0.1, -0.05) is 23.7 Å². The van der Waals surface area contributed by atoms with Crippen LogP contribution in [0.2, 0.25) is 5.02 Å². The summed E-state index contributed by atoms with van der Waals surface area (Å²) in [6.45, 7) is 3.29. The van der Waals surface area contributed by atoms with E-state index in [1.165, 1.54) is 10.1 Å². The van der Waals surface area contributed by atoms with Crippen LogP contribution in [0.15, 0.2) is 24.3 Å². The Balaban J connectivity index is 1.50. The van der Waals surface area contributed by atoms with Crippen molar-refractivity contribution in [2.24, 2.45) is 5.73 Å². The second-order valence-corrected chi connectivity index (χ2v) is 8.61. The maximum absolute atomic E-state index is 13.1. The van der Waals surface area contributed by atoms with Crippen molar-refractivity contribution >= 4 is 11.6 Å². The lowest BCUT2D eigenvalue weighted by atomic mass is 9.68. The summed E-state index contributed by atoms with van der Waals surface area (Å²) in [6.07, 6.45) is -0.741. The third kappa shape index (κ3) is 3.66. The van der Waals surface area contributed by atoms with Gasteiger partial charge in [0.2, 0.25) is 5.82 Å². The van der Waals surface area contributed by atoms with Crippen LogP contribution in [0.25, 0.3) is 0 Å². The molecule has 0 radical (unpaired) electrons. The topological polar surface area (TPSA) is 60.0 Å². The highest BCUT2D eigenvalue weighted by Gasteiger charge is 2.43. The Hall–Kier alpha value is -1.64. The number of benzene rings is 1. The first kappa shape index (κ1) is 20.6. The number of hydrogen-bond acceptors (Lipinski definition) is 4. The summed E-state index contributed by atoms with van der Waals surface area (Å²) >= 11 is 6.19. The average molecular weight is 428 g/mol. The minimum Gasteiger partial charge on any atom is -0.330 e. The molecule has 5 nitrogen and oxygen atoms in total. The zero-order valence-corrected chi connectivity index (χ0v) is 17.0. The van der Waals surface area contributed by atoms with Crippen LogP contribution in [0.5, 0.6) is 0 Å². The maximum Gasteiger partial charge on any atom is 0.451 e. The summed E-state index contributed by atoms with van der Waals surface area (Å²) in [5.41, 5.74) is 7.27. The third-order valence-corrected chi connectivity index (χ3v) is 6.93. The number of nitrogens with two attached hydrogens (primary N) is 1. The molecular weight excluding hydrogens is 403 g/mol. The van der Waals surface area contributed by atoms with Crippen LogP contribution in [0, 0.1) is 0 Å². The van der Waals surface area contributed by atoms with Crippen LogP contribution < -0.4 is 5.73 Å². The van der Waals surface area contributed by atoms with E-state index in [9.17, 15) is 13.2 Å². The Labute approximate surface area is 173 Å². The number of rotatable bonds is 3.